The van der Waals surface area contributed by atoms with E-state index in [1.807, 2.05) is 39.0 Å². The van der Waals surface area contributed by atoms with Crippen LogP contribution in [0.25, 0.3) is 11.0 Å². The van der Waals surface area contributed by atoms with Crippen molar-refractivity contribution >= 4 is 29.8 Å². The van der Waals surface area contributed by atoms with Gasteiger partial charge in [-0.3, -0.25) is 4.99 Å². The van der Waals surface area contributed by atoms with Gasteiger partial charge in [-0.2, -0.15) is 0 Å². The highest BCUT2D eigenvalue weighted by Crippen LogP contribution is 2.22. The van der Waals surface area contributed by atoms with Gasteiger partial charge in [0.25, 0.3) is 0 Å². The maximum absolute atomic E-state index is 11.9. The van der Waals surface area contributed by atoms with Crippen LogP contribution in [-0.4, -0.2) is 11.8 Å². The second-order valence-corrected chi connectivity index (χ2v) is 5.52. The van der Waals surface area contributed by atoms with Crippen LogP contribution in [0.2, 0.25) is 0 Å². The molecule has 0 spiro atoms. The number of fused-ring (bicyclic) bond motifs is 1. The standard InChI is InChI=1S/C14H15NO2S/c1-14(2,3)15-8-10-12(18)9-6-4-5-7-11(9)17-13(10)16/h4-8,18H,1-3H3. The lowest BCUT2D eigenvalue weighted by Gasteiger charge is -2.11. The molecule has 0 aliphatic rings. The average Bonchev–Trinajstić information content (AvgIpc) is 2.27. The Bertz CT molecular complexity index is 666. The Kier molecular flexibility index (Phi) is 3.30. The van der Waals surface area contributed by atoms with E-state index in [9.17, 15) is 4.79 Å². The third kappa shape index (κ3) is 2.64. The first-order valence-corrected chi connectivity index (χ1v) is 6.13. The predicted octanol–water partition coefficient (Wildman–Crippen LogP) is 3.30. The molecule has 0 unspecified atom stereocenters. The molecular weight excluding hydrogens is 246 g/mol. The van der Waals surface area contributed by atoms with Crippen LogP contribution in [0.3, 0.4) is 0 Å². The average molecular weight is 261 g/mol. The minimum atomic E-state index is -0.410. The van der Waals surface area contributed by atoms with Gasteiger partial charge in [0.2, 0.25) is 0 Å². The Hall–Kier alpha value is -1.55. The quantitative estimate of drug-likeness (QED) is 0.486. The van der Waals surface area contributed by atoms with Crippen LogP contribution in [0, 0.1) is 0 Å². The number of rotatable bonds is 1. The summed E-state index contributed by atoms with van der Waals surface area (Å²) in [5.74, 6) is 0. The second-order valence-electron chi connectivity index (χ2n) is 5.08. The first-order valence-electron chi connectivity index (χ1n) is 5.68. The number of benzene rings is 1. The number of para-hydroxylation sites is 1. The number of hydrogen-bond donors (Lipinski definition) is 1. The van der Waals surface area contributed by atoms with Crippen molar-refractivity contribution in [1.82, 2.24) is 0 Å². The molecule has 0 aliphatic carbocycles. The molecule has 0 saturated carbocycles. The van der Waals surface area contributed by atoms with Gasteiger partial charge in [-0.15, -0.1) is 12.6 Å². The molecular formula is C14H15NO2S. The van der Waals surface area contributed by atoms with E-state index in [0.717, 1.165) is 5.39 Å². The minimum absolute atomic E-state index is 0.238. The number of nitrogens with zero attached hydrogens (tertiary/aromatic N) is 1. The van der Waals surface area contributed by atoms with Crippen LogP contribution in [0.15, 0.2) is 43.4 Å². The van der Waals surface area contributed by atoms with Crippen molar-refractivity contribution < 1.29 is 4.42 Å². The van der Waals surface area contributed by atoms with Gasteiger partial charge in [0.15, 0.2) is 0 Å². The van der Waals surface area contributed by atoms with E-state index in [0.29, 0.717) is 16.0 Å². The van der Waals surface area contributed by atoms with Crippen LogP contribution in [0.4, 0.5) is 0 Å². The minimum Gasteiger partial charge on any atom is -0.422 e. The highest BCUT2D eigenvalue weighted by molar-refractivity contribution is 7.80. The van der Waals surface area contributed by atoms with E-state index in [1.54, 1.807) is 12.3 Å². The molecule has 0 amide bonds. The summed E-state index contributed by atoms with van der Waals surface area (Å²) in [7, 11) is 0. The van der Waals surface area contributed by atoms with Crippen LogP contribution < -0.4 is 5.63 Å². The highest BCUT2D eigenvalue weighted by Gasteiger charge is 2.11. The summed E-state index contributed by atoms with van der Waals surface area (Å²) in [5, 5.41) is 0.816. The summed E-state index contributed by atoms with van der Waals surface area (Å²) >= 11 is 4.41. The molecule has 18 heavy (non-hydrogen) atoms. The number of hydrogen-bond acceptors (Lipinski definition) is 4. The molecule has 0 radical (unpaired) electrons. The van der Waals surface area contributed by atoms with E-state index in [2.05, 4.69) is 17.6 Å². The van der Waals surface area contributed by atoms with Crippen LogP contribution in [-0.2, 0) is 0 Å². The van der Waals surface area contributed by atoms with Gasteiger partial charge in [0.1, 0.15) is 5.58 Å². The number of thiol groups is 1. The summed E-state index contributed by atoms with van der Waals surface area (Å²) in [4.78, 5) is 16.8. The zero-order valence-corrected chi connectivity index (χ0v) is 11.5. The van der Waals surface area contributed by atoms with Crippen molar-refractivity contribution in [2.24, 2.45) is 4.99 Å². The number of aliphatic imine (C=N–C) groups is 1. The zero-order chi connectivity index (χ0) is 13.3. The molecule has 0 N–H and O–H groups in total. The lowest BCUT2D eigenvalue weighted by Crippen LogP contribution is -2.13. The third-order valence-electron chi connectivity index (χ3n) is 2.40. The van der Waals surface area contributed by atoms with Gasteiger partial charge in [-0.05, 0) is 26.8 Å². The van der Waals surface area contributed by atoms with E-state index in [1.165, 1.54) is 0 Å². The van der Waals surface area contributed by atoms with Crippen molar-refractivity contribution in [3.8, 4) is 0 Å². The van der Waals surface area contributed by atoms with Gasteiger partial charge < -0.3 is 4.42 Å². The summed E-state index contributed by atoms with van der Waals surface area (Å²) in [5.41, 5.74) is 0.289. The largest absolute Gasteiger partial charge is 0.422 e. The van der Waals surface area contributed by atoms with Gasteiger partial charge in [-0.1, -0.05) is 18.2 Å². The fourth-order valence-corrected chi connectivity index (χ4v) is 1.85. The van der Waals surface area contributed by atoms with Gasteiger partial charge in [-0.25, -0.2) is 4.79 Å². The normalized spacial score (nSPS) is 12.4. The lowest BCUT2D eigenvalue weighted by atomic mass is 10.1. The molecule has 0 aliphatic heterocycles. The maximum atomic E-state index is 11.9. The van der Waals surface area contributed by atoms with Crippen molar-refractivity contribution in [1.29, 1.82) is 0 Å². The van der Waals surface area contributed by atoms with Crippen molar-refractivity contribution in [2.45, 2.75) is 31.2 Å². The van der Waals surface area contributed by atoms with E-state index in [4.69, 9.17) is 4.42 Å². The van der Waals surface area contributed by atoms with Crippen molar-refractivity contribution in [3.63, 3.8) is 0 Å². The second kappa shape index (κ2) is 4.61. The highest BCUT2D eigenvalue weighted by atomic mass is 32.1. The van der Waals surface area contributed by atoms with Gasteiger partial charge >= 0.3 is 5.63 Å². The summed E-state index contributed by atoms with van der Waals surface area (Å²) in [6.07, 6.45) is 1.54. The lowest BCUT2D eigenvalue weighted by molar-refractivity contribution is 0.554. The molecule has 0 atom stereocenters. The van der Waals surface area contributed by atoms with E-state index < -0.39 is 5.63 Å². The molecule has 2 rings (SSSR count). The first kappa shape index (κ1) is 12.9. The Morgan fingerprint density at radius 1 is 1.28 bits per heavy atom. The van der Waals surface area contributed by atoms with Gasteiger partial charge in [0.05, 0.1) is 11.1 Å². The molecule has 0 saturated heterocycles. The van der Waals surface area contributed by atoms with Gasteiger partial charge in [0, 0.05) is 16.5 Å². The molecule has 0 fully saturated rings. The van der Waals surface area contributed by atoms with E-state index >= 15 is 0 Å². The Labute approximate surface area is 111 Å². The molecule has 1 aromatic heterocycles. The van der Waals surface area contributed by atoms with E-state index in [-0.39, 0.29) is 5.54 Å². The van der Waals surface area contributed by atoms with Crippen LogP contribution in [0.5, 0.6) is 0 Å². The molecule has 1 aromatic carbocycles. The molecule has 1 heterocycles. The monoisotopic (exact) mass is 261 g/mol. The fourth-order valence-electron chi connectivity index (χ4n) is 1.52. The Balaban J connectivity index is 2.65. The zero-order valence-electron chi connectivity index (χ0n) is 10.6. The maximum Gasteiger partial charge on any atom is 0.346 e. The van der Waals surface area contributed by atoms with Crippen molar-refractivity contribution in [2.75, 3.05) is 0 Å². The summed E-state index contributed by atoms with van der Waals surface area (Å²) in [6, 6.07) is 7.32. The Morgan fingerprint density at radius 3 is 2.61 bits per heavy atom. The molecule has 3 nitrogen and oxygen atoms in total. The predicted molar refractivity (Wildman–Crippen MR) is 77.1 cm³/mol. The molecule has 94 valence electrons. The fraction of sp³-hybridized carbons (Fsp3) is 0.286. The Morgan fingerprint density at radius 2 is 1.94 bits per heavy atom. The molecule has 4 heteroatoms. The molecule has 0 bridgehead atoms. The third-order valence-corrected chi connectivity index (χ3v) is 2.88. The first-order chi connectivity index (χ1) is 8.38. The topological polar surface area (TPSA) is 42.6 Å². The van der Waals surface area contributed by atoms with Crippen molar-refractivity contribution in [3.05, 3.63) is 40.2 Å². The molecule has 2 aromatic rings. The van der Waals surface area contributed by atoms with Crippen LogP contribution >= 0.6 is 12.6 Å². The summed E-state index contributed by atoms with van der Waals surface area (Å²) in [6.45, 7) is 5.89. The SMILES string of the molecule is CC(C)(C)N=Cc1c(S)c2ccccc2oc1=O. The smallest absolute Gasteiger partial charge is 0.346 e. The van der Waals surface area contributed by atoms with Crippen LogP contribution in [0.1, 0.15) is 26.3 Å². The summed E-state index contributed by atoms with van der Waals surface area (Å²) < 4.78 is 5.24.